The SMILES string of the molecule is CC/C=C\C/C=C\C/C=C\C/C=C\C/C=C\C/C=C\C/C=C\C/C=C\C/C=C\CCCCCCCCCCCCCCCC(=O)OC(COC(=O)CCCCCCCCCC/C=C\C/C=C\C/C=C\C/C=C\C/C=C\C/C=C\CC)COP(=O)(O)OCC[N+](C)(C)C. The van der Waals surface area contributed by atoms with E-state index in [9.17, 15) is 19.0 Å². The van der Waals surface area contributed by atoms with Crippen LogP contribution in [-0.4, -0.2) is 74.9 Å². The first-order valence-electron chi connectivity index (χ1n) is 36.5. The second kappa shape index (κ2) is 70.4. The van der Waals surface area contributed by atoms with Gasteiger partial charge in [-0.25, -0.2) is 4.57 Å². The van der Waals surface area contributed by atoms with E-state index in [0.29, 0.717) is 17.4 Å². The summed E-state index contributed by atoms with van der Waals surface area (Å²) >= 11 is 0. The molecule has 9 nitrogen and oxygen atoms in total. The van der Waals surface area contributed by atoms with Crippen LogP contribution in [0.3, 0.4) is 0 Å². The molecule has 0 fully saturated rings. The Morgan fingerprint density at radius 2 is 0.587 bits per heavy atom. The fourth-order valence-corrected chi connectivity index (χ4v) is 10.2. The number of likely N-dealkylation sites (N-methyl/N-ethyl adjacent to an activating group) is 1. The summed E-state index contributed by atoms with van der Waals surface area (Å²) in [4.78, 5) is 35.9. The van der Waals surface area contributed by atoms with Gasteiger partial charge in [0.15, 0.2) is 6.10 Å². The molecule has 0 aromatic carbocycles. The normalized spacial score (nSPS) is 14.2. The van der Waals surface area contributed by atoms with Crippen molar-refractivity contribution < 1.29 is 42.1 Å². The van der Waals surface area contributed by atoms with Crippen LogP contribution in [-0.2, 0) is 32.7 Å². The van der Waals surface area contributed by atoms with E-state index < -0.39 is 26.5 Å². The Morgan fingerprint density at radius 1 is 0.337 bits per heavy atom. The first kappa shape index (κ1) is 87.1. The molecule has 0 aromatic heterocycles. The van der Waals surface area contributed by atoms with Gasteiger partial charge in [-0.3, -0.25) is 18.6 Å². The summed E-state index contributed by atoms with van der Waals surface area (Å²) in [6, 6.07) is 0. The van der Waals surface area contributed by atoms with Crippen molar-refractivity contribution in [3.63, 3.8) is 0 Å². The lowest BCUT2D eigenvalue weighted by Gasteiger charge is -2.24. The second-order valence-corrected chi connectivity index (χ2v) is 26.3. The number of rotatable bonds is 65. The van der Waals surface area contributed by atoms with Crippen LogP contribution in [0.5, 0.6) is 0 Å². The monoisotopic (exact) mass is 1290 g/mol. The molecule has 92 heavy (non-hydrogen) atoms. The Morgan fingerprint density at radius 3 is 0.870 bits per heavy atom. The standard InChI is InChI=1S/C82H134NO8P/c1-6-8-10-12-14-16-18-20-22-24-26-28-30-32-34-35-36-37-38-39-40-41-42-43-44-45-46-47-49-51-53-55-57-59-61-63-65-67-69-71-73-75-82(85)91-80(79-90-92(86,87)89-77-76-83(3,4)5)78-88-81(84)74-72-70-68-66-64-62-60-58-56-54-52-50-48-33-31-29-27-25-23-21-19-17-15-13-11-9-7-2/h8-11,14-17,20-23,26-29,32-34,36-37,39-40,42-43,45-46,48,52,54,80H,6-7,12-13,18-19,24-25,30-31,35,38,41,44,47,49-51,53,55-79H2,1-5H3/p+1/b10-8-,11-9-,16-14-,17-15-,22-20-,23-21-,28-26-,29-27-,34-32-,37-36-,40-39-,43-42-,46-45-,48-33-,54-52-. The van der Waals surface area contributed by atoms with Crippen molar-refractivity contribution in [1.29, 1.82) is 0 Å². The molecule has 0 aliphatic rings. The van der Waals surface area contributed by atoms with Crippen LogP contribution < -0.4 is 0 Å². The molecule has 10 heteroatoms. The van der Waals surface area contributed by atoms with Crippen LogP contribution in [0, 0.1) is 0 Å². The van der Waals surface area contributed by atoms with Crippen molar-refractivity contribution in [3.8, 4) is 0 Å². The fourth-order valence-electron chi connectivity index (χ4n) is 9.42. The maximum atomic E-state index is 12.9. The highest BCUT2D eigenvalue weighted by Crippen LogP contribution is 2.43. The number of hydrogen-bond donors (Lipinski definition) is 1. The van der Waals surface area contributed by atoms with E-state index in [1.807, 2.05) is 21.1 Å². The van der Waals surface area contributed by atoms with Gasteiger partial charge in [-0.15, -0.1) is 0 Å². The number of hydrogen-bond acceptors (Lipinski definition) is 7. The van der Waals surface area contributed by atoms with E-state index in [-0.39, 0.29) is 32.0 Å². The molecule has 0 saturated carbocycles. The van der Waals surface area contributed by atoms with E-state index in [1.54, 1.807) is 0 Å². The minimum absolute atomic E-state index is 0.0215. The Hall–Kier alpha value is -4.89. The van der Waals surface area contributed by atoms with Crippen molar-refractivity contribution in [3.05, 3.63) is 182 Å². The molecule has 0 aromatic rings. The van der Waals surface area contributed by atoms with Crippen LogP contribution in [0.15, 0.2) is 182 Å². The van der Waals surface area contributed by atoms with Gasteiger partial charge in [-0.1, -0.05) is 305 Å². The average Bonchev–Trinajstić information content (AvgIpc) is 2.23. The number of phosphoric ester groups is 1. The third-order valence-electron chi connectivity index (χ3n) is 14.9. The molecule has 520 valence electrons. The Balaban J connectivity index is 4.09. The van der Waals surface area contributed by atoms with E-state index in [2.05, 4.69) is 196 Å². The smallest absolute Gasteiger partial charge is 0.462 e. The number of unbranched alkanes of at least 4 members (excludes halogenated alkanes) is 21. The van der Waals surface area contributed by atoms with Gasteiger partial charge in [-0.05, 0) is 135 Å². The van der Waals surface area contributed by atoms with Gasteiger partial charge in [0.1, 0.15) is 19.8 Å². The summed E-state index contributed by atoms with van der Waals surface area (Å²) in [5, 5.41) is 0. The maximum Gasteiger partial charge on any atom is 0.472 e. The quantitative estimate of drug-likeness (QED) is 0.0211. The number of carbonyl (C=O) groups is 2. The second-order valence-electron chi connectivity index (χ2n) is 24.9. The van der Waals surface area contributed by atoms with E-state index >= 15 is 0 Å². The van der Waals surface area contributed by atoms with E-state index in [1.165, 1.54) is 89.9 Å². The zero-order valence-corrected chi connectivity index (χ0v) is 60.1. The first-order chi connectivity index (χ1) is 45.0. The summed E-state index contributed by atoms with van der Waals surface area (Å²) in [5.41, 5.74) is 0. The van der Waals surface area contributed by atoms with Crippen molar-refractivity contribution in [2.45, 2.75) is 277 Å². The molecule has 0 bridgehead atoms. The lowest BCUT2D eigenvalue weighted by Crippen LogP contribution is -2.37. The number of ether oxygens (including phenoxy) is 2. The van der Waals surface area contributed by atoms with Gasteiger partial charge >= 0.3 is 19.8 Å². The molecular weight excluding hydrogens is 1160 g/mol. The third kappa shape index (κ3) is 74.2. The molecular formula is C82H135NO8P+. The van der Waals surface area contributed by atoms with Crippen molar-refractivity contribution in [2.24, 2.45) is 0 Å². The Labute approximate surface area is 565 Å². The minimum atomic E-state index is -4.41. The van der Waals surface area contributed by atoms with Gasteiger partial charge in [0, 0.05) is 12.8 Å². The van der Waals surface area contributed by atoms with Gasteiger partial charge in [0.25, 0.3) is 0 Å². The zero-order valence-electron chi connectivity index (χ0n) is 59.2. The molecule has 0 heterocycles. The van der Waals surface area contributed by atoms with Gasteiger partial charge in [0.2, 0.25) is 0 Å². The molecule has 0 saturated heterocycles. The lowest BCUT2D eigenvalue weighted by atomic mass is 10.0. The predicted octanol–water partition coefficient (Wildman–Crippen LogP) is 24.3. The van der Waals surface area contributed by atoms with E-state index in [0.717, 1.165) is 148 Å². The molecule has 0 spiro atoms. The number of nitrogens with zero attached hydrogens (tertiary/aromatic N) is 1. The summed E-state index contributed by atoms with van der Waals surface area (Å²) in [6.45, 7) is 4.19. The Bertz CT molecular complexity index is 2210. The predicted molar refractivity (Wildman–Crippen MR) is 399 cm³/mol. The highest BCUT2D eigenvalue weighted by Gasteiger charge is 2.27. The van der Waals surface area contributed by atoms with Crippen LogP contribution in [0.4, 0.5) is 0 Å². The molecule has 0 rings (SSSR count). The van der Waals surface area contributed by atoms with Gasteiger partial charge in [0.05, 0.1) is 27.7 Å². The summed E-state index contributed by atoms with van der Waals surface area (Å²) in [7, 11) is 1.45. The maximum absolute atomic E-state index is 12.9. The van der Waals surface area contributed by atoms with Crippen LogP contribution in [0.25, 0.3) is 0 Å². The summed E-state index contributed by atoms with van der Waals surface area (Å²) < 4.78 is 34.7. The molecule has 0 radical (unpaired) electrons. The molecule has 1 N–H and O–H groups in total. The summed E-state index contributed by atoms with van der Waals surface area (Å²) in [6.07, 6.45) is 109. The van der Waals surface area contributed by atoms with E-state index in [4.69, 9.17) is 18.5 Å². The largest absolute Gasteiger partial charge is 0.472 e. The molecule has 0 aliphatic heterocycles. The first-order valence-corrected chi connectivity index (χ1v) is 38.0. The van der Waals surface area contributed by atoms with Crippen molar-refractivity contribution >= 4 is 19.8 Å². The number of carbonyl (C=O) groups excluding carboxylic acids is 2. The molecule has 2 atom stereocenters. The molecule has 0 aliphatic carbocycles. The molecule has 2 unspecified atom stereocenters. The van der Waals surface area contributed by atoms with Crippen molar-refractivity contribution in [1.82, 2.24) is 0 Å². The topological polar surface area (TPSA) is 108 Å². The van der Waals surface area contributed by atoms with Gasteiger partial charge < -0.3 is 18.9 Å². The van der Waals surface area contributed by atoms with Gasteiger partial charge in [-0.2, -0.15) is 0 Å². The van der Waals surface area contributed by atoms with Crippen LogP contribution in [0.2, 0.25) is 0 Å². The number of quaternary nitrogens is 1. The fraction of sp³-hybridized carbons (Fsp3) is 0.610. The summed E-state index contributed by atoms with van der Waals surface area (Å²) in [5.74, 6) is -0.816. The zero-order chi connectivity index (χ0) is 66.9. The number of phosphoric acid groups is 1. The Kier molecular flexibility index (Phi) is 66.7. The van der Waals surface area contributed by atoms with Crippen LogP contribution in [0.1, 0.15) is 271 Å². The highest BCUT2D eigenvalue weighted by atomic mass is 31.2. The molecule has 0 amide bonds. The van der Waals surface area contributed by atoms with Crippen LogP contribution >= 0.6 is 7.82 Å². The highest BCUT2D eigenvalue weighted by molar-refractivity contribution is 7.47. The number of allylic oxidation sites excluding steroid dienone is 30. The third-order valence-corrected chi connectivity index (χ3v) is 15.9. The minimum Gasteiger partial charge on any atom is -0.462 e. The number of esters is 2. The lowest BCUT2D eigenvalue weighted by molar-refractivity contribution is -0.870. The van der Waals surface area contributed by atoms with Crippen molar-refractivity contribution in [2.75, 3.05) is 47.5 Å². The average molecular weight is 1290 g/mol.